The van der Waals surface area contributed by atoms with Crippen molar-refractivity contribution in [1.29, 1.82) is 0 Å². The van der Waals surface area contributed by atoms with Crippen LogP contribution in [0.3, 0.4) is 0 Å². The van der Waals surface area contributed by atoms with E-state index in [1.165, 1.54) is 28.6 Å². The van der Waals surface area contributed by atoms with E-state index in [2.05, 4.69) is 5.32 Å². The highest BCUT2D eigenvalue weighted by Crippen LogP contribution is 2.31. The fraction of sp³-hybridized carbons (Fsp3) is 0.409. The van der Waals surface area contributed by atoms with Gasteiger partial charge in [0.2, 0.25) is 10.0 Å². The second kappa shape index (κ2) is 9.53. The lowest BCUT2D eigenvalue weighted by atomic mass is 10.1. The number of carbonyl (C=O) groups is 1. The normalized spacial score (nSPS) is 17.9. The van der Waals surface area contributed by atoms with E-state index >= 15 is 0 Å². The van der Waals surface area contributed by atoms with E-state index in [-0.39, 0.29) is 23.5 Å². The quantitative estimate of drug-likeness (QED) is 0.732. The summed E-state index contributed by atoms with van der Waals surface area (Å²) in [5.74, 6) is -1.02. The number of benzene rings is 2. The predicted molar refractivity (Wildman–Crippen MR) is 118 cm³/mol. The van der Waals surface area contributed by atoms with E-state index in [1.54, 1.807) is 19.1 Å². The molecule has 2 saturated heterocycles. The van der Waals surface area contributed by atoms with E-state index in [1.807, 2.05) is 4.90 Å². The summed E-state index contributed by atoms with van der Waals surface area (Å²) >= 11 is 0. The first-order chi connectivity index (χ1) is 15.4. The summed E-state index contributed by atoms with van der Waals surface area (Å²) in [7, 11) is -3.75. The van der Waals surface area contributed by atoms with Crippen LogP contribution in [0.5, 0.6) is 0 Å². The average Bonchev–Trinajstić information content (AvgIpc) is 2.81. The highest BCUT2D eigenvalue weighted by Gasteiger charge is 2.28. The summed E-state index contributed by atoms with van der Waals surface area (Å²) < 4.78 is 52.1. The number of ether oxygens (including phenoxy) is 2. The first-order valence-electron chi connectivity index (χ1n) is 10.5. The molecule has 0 aromatic heterocycles. The molecule has 2 heterocycles. The summed E-state index contributed by atoms with van der Waals surface area (Å²) in [6, 6.07) is 8.73. The van der Waals surface area contributed by atoms with Crippen LogP contribution in [0.4, 0.5) is 15.8 Å². The minimum absolute atomic E-state index is 0.0858. The number of hydrogen-bond acceptors (Lipinski definition) is 6. The zero-order valence-corrected chi connectivity index (χ0v) is 18.7. The Kier molecular flexibility index (Phi) is 6.75. The zero-order chi connectivity index (χ0) is 22.7. The first kappa shape index (κ1) is 22.7. The number of rotatable bonds is 5. The second-order valence-corrected chi connectivity index (χ2v) is 9.65. The predicted octanol–water partition coefficient (Wildman–Crippen LogP) is 2.24. The molecule has 2 aliphatic heterocycles. The van der Waals surface area contributed by atoms with Crippen LogP contribution in [0, 0.1) is 12.7 Å². The van der Waals surface area contributed by atoms with Crippen molar-refractivity contribution in [3.8, 4) is 0 Å². The van der Waals surface area contributed by atoms with Crippen LogP contribution >= 0.6 is 0 Å². The van der Waals surface area contributed by atoms with Crippen LogP contribution < -0.4 is 10.2 Å². The van der Waals surface area contributed by atoms with Gasteiger partial charge in [0.05, 0.1) is 42.7 Å². The van der Waals surface area contributed by atoms with Gasteiger partial charge in [0.1, 0.15) is 5.82 Å². The third-order valence-electron chi connectivity index (χ3n) is 5.62. The van der Waals surface area contributed by atoms with E-state index in [0.717, 1.165) is 0 Å². The van der Waals surface area contributed by atoms with Gasteiger partial charge in [-0.15, -0.1) is 0 Å². The van der Waals surface area contributed by atoms with Gasteiger partial charge in [-0.05, 0) is 42.8 Å². The number of aryl methyl sites for hydroxylation is 1. The number of nitrogens with zero attached hydrogens (tertiary/aromatic N) is 2. The molecule has 0 saturated carbocycles. The third-order valence-corrected chi connectivity index (χ3v) is 7.51. The van der Waals surface area contributed by atoms with Crippen molar-refractivity contribution < 1.29 is 27.1 Å². The van der Waals surface area contributed by atoms with Gasteiger partial charge >= 0.3 is 0 Å². The van der Waals surface area contributed by atoms with Crippen molar-refractivity contribution in [3.63, 3.8) is 0 Å². The highest BCUT2D eigenvalue weighted by atomic mass is 32.2. The molecule has 32 heavy (non-hydrogen) atoms. The van der Waals surface area contributed by atoms with Crippen LogP contribution in [-0.4, -0.2) is 71.2 Å². The van der Waals surface area contributed by atoms with Gasteiger partial charge < -0.3 is 19.7 Å². The molecule has 1 amide bonds. The average molecular weight is 464 g/mol. The summed E-state index contributed by atoms with van der Waals surface area (Å²) in [5, 5.41) is 2.81. The van der Waals surface area contributed by atoms with Crippen LogP contribution in [0.1, 0.15) is 15.9 Å². The van der Waals surface area contributed by atoms with Crippen molar-refractivity contribution in [2.75, 3.05) is 62.8 Å². The molecule has 0 atom stereocenters. The van der Waals surface area contributed by atoms with Crippen molar-refractivity contribution in [1.82, 2.24) is 4.31 Å². The molecule has 0 spiro atoms. The van der Waals surface area contributed by atoms with Gasteiger partial charge in [0.15, 0.2) is 0 Å². The van der Waals surface area contributed by atoms with Crippen molar-refractivity contribution in [2.24, 2.45) is 0 Å². The molecule has 10 heteroatoms. The van der Waals surface area contributed by atoms with Crippen LogP contribution in [0.2, 0.25) is 0 Å². The minimum atomic E-state index is -3.75. The fourth-order valence-electron chi connectivity index (χ4n) is 3.82. The fourth-order valence-corrected chi connectivity index (χ4v) is 5.25. The van der Waals surface area contributed by atoms with E-state index in [0.29, 0.717) is 56.5 Å². The summed E-state index contributed by atoms with van der Waals surface area (Å²) in [5.41, 5.74) is 1.86. The first-order valence-corrected chi connectivity index (χ1v) is 11.9. The molecule has 1 N–H and O–H groups in total. The molecule has 2 aliphatic rings. The molecule has 2 aromatic carbocycles. The Bertz CT molecular complexity index is 1100. The van der Waals surface area contributed by atoms with Gasteiger partial charge in [-0.25, -0.2) is 12.8 Å². The Labute approximate surface area is 187 Å². The van der Waals surface area contributed by atoms with E-state index in [9.17, 15) is 17.6 Å². The molecule has 2 aromatic rings. The number of halogens is 1. The Morgan fingerprint density at radius 3 is 2.31 bits per heavy atom. The minimum Gasteiger partial charge on any atom is -0.379 e. The van der Waals surface area contributed by atoms with Gasteiger partial charge in [-0.2, -0.15) is 4.31 Å². The number of amides is 1. The lowest BCUT2D eigenvalue weighted by Crippen LogP contribution is -2.40. The molecule has 0 radical (unpaired) electrons. The summed E-state index contributed by atoms with van der Waals surface area (Å²) in [6.45, 7) is 5.23. The maximum atomic E-state index is 13.7. The number of nitrogens with one attached hydrogen (secondary N) is 1. The number of sulfonamides is 1. The largest absolute Gasteiger partial charge is 0.379 e. The summed E-state index contributed by atoms with van der Waals surface area (Å²) in [4.78, 5) is 15.1. The molecule has 0 bridgehead atoms. The Hall–Kier alpha value is -2.53. The van der Waals surface area contributed by atoms with Gasteiger partial charge in [-0.3, -0.25) is 4.79 Å². The lowest BCUT2D eigenvalue weighted by molar-refractivity contribution is 0.0730. The molecule has 0 aliphatic carbocycles. The molecular formula is C22H26FN3O5S. The van der Waals surface area contributed by atoms with Gasteiger partial charge in [0.25, 0.3) is 5.91 Å². The zero-order valence-electron chi connectivity index (χ0n) is 17.8. The Balaban J connectivity index is 1.70. The van der Waals surface area contributed by atoms with Crippen molar-refractivity contribution in [3.05, 3.63) is 53.3 Å². The molecule has 4 rings (SSSR count). The molecular weight excluding hydrogens is 437 g/mol. The Morgan fingerprint density at radius 2 is 1.62 bits per heavy atom. The SMILES string of the molecule is Cc1ccc(F)cc1C(=O)Nc1cc(S(=O)(=O)N2CCOCC2)ccc1N1CCOCC1. The highest BCUT2D eigenvalue weighted by molar-refractivity contribution is 7.89. The third kappa shape index (κ3) is 4.78. The smallest absolute Gasteiger partial charge is 0.256 e. The van der Waals surface area contributed by atoms with E-state index in [4.69, 9.17) is 9.47 Å². The number of carbonyl (C=O) groups excluding carboxylic acids is 1. The maximum Gasteiger partial charge on any atom is 0.256 e. The van der Waals surface area contributed by atoms with E-state index < -0.39 is 21.7 Å². The maximum absolute atomic E-state index is 13.7. The topological polar surface area (TPSA) is 88.2 Å². The van der Waals surface area contributed by atoms with Gasteiger partial charge in [-0.1, -0.05) is 6.07 Å². The van der Waals surface area contributed by atoms with Crippen LogP contribution in [0.25, 0.3) is 0 Å². The number of anilines is 2. The second-order valence-electron chi connectivity index (χ2n) is 7.71. The Morgan fingerprint density at radius 1 is 0.969 bits per heavy atom. The van der Waals surface area contributed by atoms with Crippen LogP contribution in [0.15, 0.2) is 41.3 Å². The van der Waals surface area contributed by atoms with Gasteiger partial charge in [0, 0.05) is 31.7 Å². The number of hydrogen-bond donors (Lipinski definition) is 1. The standard InChI is InChI=1S/C22H26FN3O5S/c1-16-2-3-17(23)14-19(16)22(27)24-20-15-18(32(28,29)26-8-12-31-13-9-26)4-5-21(20)25-6-10-30-11-7-25/h2-5,14-15H,6-13H2,1H3,(H,24,27). The molecule has 0 unspecified atom stereocenters. The lowest BCUT2D eigenvalue weighted by Gasteiger charge is -2.31. The number of morpholine rings is 2. The van der Waals surface area contributed by atoms with Crippen molar-refractivity contribution >= 4 is 27.3 Å². The van der Waals surface area contributed by atoms with Crippen LogP contribution in [-0.2, 0) is 19.5 Å². The molecule has 2 fully saturated rings. The summed E-state index contributed by atoms with van der Waals surface area (Å²) in [6.07, 6.45) is 0. The molecule has 8 nitrogen and oxygen atoms in total. The van der Waals surface area contributed by atoms with Crippen molar-refractivity contribution in [2.45, 2.75) is 11.8 Å². The molecule has 172 valence electrons. The monoisotopic (exact) mass is 463 g/mol.